The molecule has 3 N–H and O–H groups in total. The van der Waals surface area contributed by atoms with Crippen LogP contribution in [-0.2, 0) is 13.0 Å². The number of benzene rings is 1. The van der Waals surface area contributed by atoms with Gasteiger partial charge in [-0.3, -0.25) is 0 Å². The molecule has 0 saturated heterocycles. The van der Waals surface area contributed by atoms with Gasteiger partial charge in [0, 0.05) is 24.7 Å². The first kappa shape index (κ1) is 14.2. The standard InChI is InChI=1S/C14H19ClN2O2/c1-19-14-7-11-10(3-4-16)9-17(5-2-6-18)13(11)8-12(14)15/h7-9,18H,2-6,16H2,1H3. The zero-order valence-electron chi connectivity index (χ0n) is 11.0. The van der Waals surface area contributed by atoms with Gasteiger partial charge in [-0.2, -0.15) is 0 Å². The second kappa shape index (κ2) is 6.28. The van der Waals surface area contributed by atoms with Crippen LogP contribution in [0.4, 0.5) is 0 Å². The predicted molar refractivity (Wildman–Crippen MR) is 78.0 cm³/mol. The predicted octanol–water partition coefficient (Wildman–Crippen LogP) is 2.19. The van der Waals surface area contributed by atoms with E-state index in [1.807, 2.05) is 12.1 Å². The molecule has 0 atom stereocenters. The quantitative estimate of drug-likeness (QED) is 0.854. The molecule has 1 aromatic heterocycles. The molecule has 0 amide bonds. The number of methoxy groups -OCH3 is 1. The van der Waals surface area contributed by atoms with Crippen molar-refractivity contribution >= 4 is 22.5 Å². The Bertz CT molecular complexity index is 566. The minimum absolute atomic E-state index is 0.176. The van der Waals surface area contributed by atoms with Gasteiger partial charge in [0.1, 0.15) is 5.75 Å². The number of ether oxygens (including phenoxy) is 1. The molecule has 0 bridgehead atoms. The molecule has 0 fully saturated rings. The molecule has 5 heteroatoms. The molecule has 1 heterocycles. The Balaban J connectivity index is 2.54. The highest BCUT2D eigenvalue weighted by Gasteiger charge is 2.12. The average molecular weight is 283 g/mol. The highest BCUT2D eigenvalue weighted by atomic mass is 35.5. The Hall–Kier alpha value is -1.23. The molecule has 0 unspecified atom stereocenters. The van der Waals surface area contributed by atoms with Gasteiger partial charge in [-0.05, 0) is 37.1 Å². The van der Waals surface area contributed by atoms with E-state index < -0.39 is 0 Å². The second-order valence-corrected chi connectivity index (χ2v) is 4.87. The van der Waals surface area contributed by atoms with Crippen LogP contribution in [0.3, 0.4) is 0 Å². The number of hydrogen-bond acceptors (Lipinski definition) is 3. The van der Waals surface area contributed by atoms with Crippen molar-refractivity contribution in [1.29, 1.82) is 0 Å². The van der Waals surface area contributed by atoms with E-state index in [2.05, 4.69) is 10.8 Å². The number of nitrogens with zero attached hydrogens (tertiary/aromatic N) is 1. The number of halogens is 1. The Kier molecular flexibility index (Phi) is 4.69. The zero-order valence-corrected chi connectivity index (χ0v) is 11.8. The number of rotatable bonds is 6. The van der Waals surface area contributed by atoms with Gasteiger partial charge in [-0.25, -0.2) is 0 Å². The number of aromatic nitrogens is 1. The fourth-order valence-corrected chi connectivity index (χ4v) is 2.54. The molecule has 2 rings (SSSR count). The van der Waals surface area contributed by atoms with Crippen molar-refractivity contribution in [1.82, 2.24) is 4.57 Å². The number of aliphatic hydroxyl groups excluding tert-OH is 1. The molecule has 2 aromatic rings. The normalized spacial score (nSPS) is 11.2. The third-order valence-corrected chi connectivity index (χ3v) is 3.50. The molecule has 19 heavy (non-hydrogen) atoms. The van der Waals surface area contributed by atoms with Crippen molar-refractivity contribution in [2.75, 3.05) is 20.3 Å². The van der Waals surface area contributed by atoms with E-state index in [9.17, 15) is 0 Å². The largest absolute Gasteiger partial charge is 0.495 e. The summed E-state index contributed by atoms with van der Waals surface area (Å²) in [4.78, 5) is 0. The van der Waals surface area contributed by atoms with E-state index in [1.165, 1.54) is 5.56 Å². The van der Waals surface area contributed by atoms with Crippen LogP contribution in [0.5, 0.6) is 5.75 Å². The molecule has 0 aliphatic heterocycles. The summed E-state index contributed by atoms with van der Waals surface area (Å²) in [5, 5.41) is 10.7. The van der Waals surface area contributed by atoms with Crippen molar-refractivity contribution in [2.45, 2.75) is 19.4 Å². The molecule has 0 aliphatic rings. The first-order chi connectivity index (χ1) is 9.21. The summed E-state index contributed by atoms with van der Waals surface area (Å²) in [7, 11) is 1.61. The van der Waals surface area contributed by atoms with Gasteiger partial charge in [0.25, 0.3) is 0 Å². The van der Waals surface area contributed by atoms with Crippen LogP contribution >= 0.6 is 11.6 Å². The van der Waals surface area contributed by atoms with E-state index in [-0.39, 0.29) is 6.61 Å². The van der Waals surface area contributed by atoms with Crippen LogP contribution in [0, 0.1) is 0 Å². The minimum Gasteiger partial charge on any atom is -0.495 e. The Labute approximate surface area is 117 Å². The molecule has 1 aromatic carbocycles. The maximum absolute atomic E-state index is 8.97. The van der Waals surface area contributed by atoms with Crippen molar-refractivity contribution in [3.05, 3.63) is 28.9 Å². The van der Waals surface area contributed by atoms with Crippen LogP contribution in [-0.4, -0.2) is 29.9 Å². The third-order valence-electron chi connectivity index (χ3n) is 3.21. The summed E-state index contributed by atoms with van der Waals surface area (Å²) in [6, 6.07) is 3.87. The van der Waals surface area contributed by atoms with Gasteiger partial charge in [0.2, 0.25) is 0 Å². The smallest absolute Gasteiger partial charge is 0.138 e. The Morgan fingerprint density at radius 2 is 2.21 bits per heavy atom. The average Bonchev–Trinajstić information content (AvgIpc) is 2.73. The number of hydrogen-bond donors (Lipinski definition) is 2. The van der Waals surface area contributed by atoms with Gasteiger partial charge in [0.15, 0.2) is 0 Å². The monoisotopic (exact) mass is 282 g/mol. The molecule has 0 spiro atoms. The van der Waals surface area contributed by atoms with E-state index in [0.29, 0.717) is 17.3 Å². The first-order valence-electron chi connectivity index (χ1n) is 6.37. The van der Waals surface area contributed by atoms with Gasteiger partial charge >= 0.3 is 0 Å². The highest BCUT2D eigenvalue weighted by Crippen LogP contribution is 2.33. The summed E-state index contributed by atoms with van der Waals surface area (Å²) in [5.74, 6) is 0.673. The first-order valence-corrected chi connectivity index (χ1v) is 6.75. The molecule has 104 valence electrons. The van der Waals surface area contributed by atoms with Gasteiger partial charge in [-0.15, -0.1) is 0 Å². The zero-order chi connectivity index (χ0) is 13.8. The topological polar surface area (TPSA) is 60.4 Å². The molecule has 0 aliphatic carbocycles. The number of aliphatic hydroxyl groups is 1. The van der Waals surface area contributed by atoms with Crippen molar-refractivity contribution in [3.63, 3.8) is 0 Å². The lowest BCUT2D eigenvalue weighted by Gasteiger charge is -2.07. The maximum atomic E-state index is 8.97. The van der Waals surface area contributed by atoms with E-state index in [4.69, 9.17) is 27.2 Å². The van der Waals surface area contributed by atoms with E-state index in [0.717, 1.165) is 30.3 Å². The SMILES string of the molecule is COc1cc2c(CCN)cn(CCCO)c2cc1Cl. The lowest BCUT2D eigenvalue weighted by atomic mass is 10.1. The van der Waals surface area contributed by atoms with Gasteiger partial charge < -0.3 is 20.1 Å². The van der Waals surface area contributed by atoms with Crippen molar-refractivity contribution < 1.29 is 9.84 Å². The van der Waals surface area contributed by atoms with Crippen LogP contribution in [0.2, 0.25) is 5.02 Å². The molecule has 0 saturated carbocycles. The van der Waals surface area contributed by atoms with Crippen molar-refractivity contribution in [3.8, 4) is 5.75 Å². The van der Waals surface area contributed by atoms with E-state index in [1.54, 1.807) is 7.11 Å². The van der Waals surface area contributed by atoms with Gasteiger partial charge in [0.05, 0.1) is 17.6 Å². The van der Waals surface area contributed by atoms with Crippen LogP contribution in [0.1, 0.15) is 12.0 Å². The van der Waals surface area contributed by atoms with Crippen LogP contribution < -0.4 is 10.5 Å². The number of aryl methyl sites for hydroxylation is 1. The molecular weight excluding hydrogens is 264 g/mol. The van der Waals surface area contributed by atoms with E-state index >= 15 is 0 Å². The summed E-state index contributed by atoms with van der Waals surface area (Å²) in [6.07, 6.45) is 3.62. The minimum atomic E-state index is 0.176. The Morgan fingerprint density at radius 1 is 1.42 bits per heavy atom. The summed E-state index contributed by atoms with van der Waals surface area (Å²) in [6.45, 7) is 1.54. The Morgan fingerprint density at radius 3 is 2.84 bits per heavy atom. The number of fused-ring (bicyclic) bond motifs is 1. The fourth-order valence-electron chi connectivity index (χ4n) is 2.30. The summed E-state index contributed by atoms with van der Waals surface area (Å²) < 4.78 is 7.38. The van der Waals surface area contributed by atoms with Gasteiger partial charge in [-0.1, -0.05) is 11.6 Å². The second-order valence-electron chi connectivity index (χ2n) is 4.47. The summed E-state index contributed by atoms with van der Waals surface area (Å²) >= 11 is 6.18. The molecule has 4 nitrogen and oxygen atoms in total. The van der Waals surface area contributed by atoms with Crippen molar-refractivity contribution in [2.24, 2.45) is 5.73 Å². The van der Waals surface area contributed by atoms with Crippen LogP contribution in [0.25, 0.3) is 10.9 Å². The molecule has 0 radical (unpaired) electrons. The third kappa shape index (κ3) is 2.86. The lowest BCUT2D eigenvalue weighted by Crippen LogP contribution is -2.02. The molecular formula is C14H19ClN2O2. The lowest BCUT2D eigenvalue weighted by molar-refractivity contribution is 0.280. The summed E-state index contributed by atoms with van der Waals surface area (Å²) in [5.41, 5.74) is 7.90. The fraction of sp³-hybridized carbons (Fsp3) is 0.429. The van der Waals surface area contributed by atoms with Crippen LogP contribution in [0.15, 0.2) is 18.3 Å². The highest BCUT2D eigenvalue weighted by molar-refractivity contribution is 6.32. The maximum Gasteiger partial charge on any atom is 0.138 e. The number of nitrogens with two attached hydrogens (primary N) is 1.